The molecule has 0 aliphatic heterocycles. The minimum atomic E-state index is 1.16. The van der Waals surface area contributed by atoms with Crippen molar-refractivity contribution in [2.45, 2.75) is 32.1 Å². The Morgan fingerprint density at radius 3 is 1.85 bits per heavy atom. The zero-order valence-corrected chi connectivity index (χ0v) is 8.15. The molecule has 1 aliphatic rings. The van der Waals surface area contributed by atoms with E-state index in [1.807, 2.05) is 0 Å². The van der Waals surface area contributed by atoms with E-state index in [1.54, 1.807) is 0 Å². The normalized spacial score (nSPS) is 24.0. The van der Waals surface area contributed by atoms with Gasteiger partial charge < -0.3 is 0 Å². The molecule has 0 saturated carbocycles. The van der Waals surface area contributed by atoms with Crippen LogP contribution in [0.25, 0.3) is 0 Å². The summed E-state index contributed by atoms with van der Waals surface area (Å²) in [6, 6.07) is 0. The molecule has 1 aliphatic carbocycles. The van der Waals surface area contributed by atoms with E-state index < -0.39 is 0 Å². The van der Waals surface area contributed by atoms with Crippen molar-refractivity contribution in [3.05, 3.63) is 48.6 Å². The van der Waals surface area contributed by atoms with Gasteiger partial charge in [-0.3, -0.25) is 0 Å². The van der Waals surface area contributed by atoms with E-state index in [2.05, 4.69) is 48.6 Å². The van der Waals surface area contributed by atoms with E-state index in [0.29, 0.717) is 0 Å². The summed E-state index contributed by atoms with van der Waals surface area (Å²) in [5.74, 6) is 0. The minimum absolute atomic E-state index is 1.16. The van der Waals surface area contributed by atoms with Crippen molar-refractivity contribution in [3.8, 4) is 0 Å². The Labute approximate surface area is 81.4 Å². The van der Waals surface area contributed by atoms with Gasteiger partial charge in [0.25, 0.3) is 0 Å². The van der Waals surface area contributed by atoms with E-state index in [4.69, 9.17) is 0 Å². The van der Waals surface area contributed by atoms with Crippen LogP contribution in [0.3, 0.4) is 0 Å². The second-order valence-electron chi connectivity index (χ2n) is 3.22. The highest BCUT2D eigenvalue weighted by Crippen LogP contribution is 2.01. The van der Waals surface area contributed by atoms with Gasteiger partial charge in [0, 0.05) is 0 Å². The van der Waals surface area contributed by atoms with Crippen LogP contribution in [0.15, 0.2) is 48.6 Å². The predicted molar refractivity (Wildman–Crippen MR) is 59.6 cm³/mol. The molecule has 0 spiro atoms. The lowest BCUT2D eigenvalue weighted by Crippen LogP contribution is -1.69. The van der Waals surface area contributed by atoms with Crippen LogP contribution in [-0.4, -0.2) is 0 Å². The average molecular weight is 174 g/mol. The largest absolute Gasteiger partial charge is 0.0885 e. The summed E-state index contributed by atoms with van der Waals surface area (Å²) in [7, 11) is 0. The molecule has 0 unspecified atom stereocenters. The van der Waals surface area contributed by atoms with Crippen molar-refractivity contribution in [2.24, 2.45) is 0 Å². The molecule has 0 aromatic heterocycles. The molecule has 0 saturated heterocycles. The minimum Gasteiger partial charge on any atom is -0.0885 e. The van der Waals surface area contributed by atoms with Crippen molar-refractivity contribution >= 4 is 0 Å². The van der Waals surface area contributed by atoms with Crippen LogP contribution in [0, 0.1) is 0 Å². The lowest BCUT2D eigenvalue weighted by Gasteiger charge is -1.89. The first-order valence-electron chi connectivity index (χ1n) is 5.13. The van der Waals surface area contributed by atoms with Gasteiger partial charge in [-0.2, -0.15) is 0 Å². The van der Waals surface area contributed by atoms with Crippen LogP contribution in [0.1, 0.15) is 32.1 Å². The van der Waals surface area contributed by atoms with Crippen molar-refractivity contribution in [2.75, 3.05) is 0 Å². The van der Waals surface area contributed by atoms with Crippen LogP contribution in [0.5, 0.6) is 0 Å². The quantitative estimate of drug-likeness (QED) is 0.483. The number of allylic oxidation sites excluding steroid dienone is 8. The molecule has 0 amide bonds. The van der Waals surface area contributed by atoms with Crippen LogP contribution >= 0.6 is 0 Å². The molecule has 0 radical (unpaired) electrons. The summed E-state index contributed by atoms with van der Waals surface area (Å²) >= 11 is 0. The summed E-state index contributed by atoms with van der Waals surface area (Å²) in [5, 5.41) is 0. The zero-order valence-electron chi connectivity index (χ0n) is 8.15. The Morgan fingerprint density at radius 2 is 1.00 bits per heavy atom. The summed E-state index contributed by atoms with van der Waals surface area (Å²) in [5.41, 5.74) is 0. The van der Waals surface area contributed by atoms with Gasteiger partial charge >= 0.3 is 0 Å². The molecule has 0 atom stereocenters. The third-order valence-corrected chi connectivity index (χ3v) is 2.01. The SMILES string of the molecule is C1=C/C=C/CCC/C=C/CCC=C1. The molecule has 13 heavy (non-hydrogen) atoms. The Bertz CT molecular complexity index is 216. The van der Waals surface area contributed by atoms with Gasteiger partial charge in [-0.05, 0) is 32.1 Å². The zero-order chi connectivity index (χ0) is 9.19. The highest BCUT2D eigenvalue weighted by atomic mass is 13.9. The monoisotopic (exact) mass is 174 g/mol. The highest BCUT2D eigenvalue weighted by Gasteiger charge is 1.81. The molecule has 1 rings (SSSR count). The first-order valence-corrected chi connectivity index (χ1v) is 5.13. The number of hydrogen-bond acceptors (Lipinski definition) is 0. The van der Waals surface area contributed by atoms with Crippen molar-refractivity contribution in [1.29, 1.82) is 0 Å². The third-order valence-electron chi connectivity index (χ3n) is 2.01. The van der Waals surface area contributed by atoms with Gasteiger partial charge in [0.2, 0.25) is 0 Å². The maximum atomic E-state index is 2.30. The molecule has 0 fully saturated rings. The van der Waals surface area contributed by atoms with E-state index in [9.17, 15) is 0 Å². The maximum Gasteiger partial charge on any atom is -0.0313 e. The van der Waals surface area contributed by atoms with Gasteiger partial charge in [0.15, 0.2) is 0 Å². The summed E-state index contributed by atoms with van der Waals surface area (Å²) in [4.78, 5) is 0. The van der Waals surface area contributed by atoms with Gasteiger partial charge in [-0.1, -0.05) is 48.6 Å². The second kappa shape index (κ2) is 7.60. The van der Waals surface area contributed by atoms with Crippen LogP contribution in [-0.2, 0) is 0 Å². The molecule has 0 aromatic carbocycles. The molecule has 0 heterocycles. The van der Waals surface area contributed by atoms with E-state index in [0.717, 1.165) is 6.42 Å². The van der Waals surface area contributed by atoms with Crippen LogP contribution < -0.4 is 0 Å². The molecular weight excluding hydrogens is 156 g/mol. The fraction of sp³-hybridized carbons (Fsp3) is 0.385. The van der Waals surface area contributed by atoms with E-state index in [1.165, 1.54) is 25.7 Å². The molecule has 70 valence electrons. The average Bonchev–Trinajstić information content (AvgIpc) is 2.18. The van der Waals surface area contributed by atoms with E-state index >= 15 is 0 Å². The Kier molecular flexibility index (Phi) is 5.87. The predicted octanol–water partition coefficient (Wildman–Crippen LogP) is 4.18. The van der Waals surface area contributed by atoms with Crippen molar-refractivity contribution < 1.29 is 0 Å². The van der Waals surface area contributed by atoms with Crippen molar-refractivity contribution in [1.82, 2.24) is 0 Å². The van der Waals surface area contributed by atoms with Gasteiger partial charge in [-0.15, -0.1) is 0 Å². The second-order valence-corrected chi connectivity index (χ2v) is 3.22. The molecule has 0 nitrogen and oxygen atoms in total. The van der Waals surface area contributed by atoms with Gasteiger partial charge in [0.05, 0.1) is 0 Å². The van der Waals surface area contributed by atoms with Gasteiger partial charge in [0.1, 0.15) is 0 Å². The summed E-state index contributed by atoms with van der Waals surface area (Å²) in [6.07, 6.45) is 23.5. The number of hydrogen-bond donors (Lipinski definition) is 0. The molecule has 0 bridgehead atoms. The summed E-state index contributed by atoms with van der Waals surface area (Å²) in [6.45, 7) is 0. The first kappa shape index (κ1) is 10.0. The summed E-state index contributed by atoms with van der Waals surface area (Å²) < 4.78 is 0. The Balaban J connectivity index is 2.38. The Morgan fingerprint density at radius 1 is 0.462 bits per heavy atom. The van der Waals surface area contributed by atoms with Gasteiger partial charge in [-0.25, -0.2) is 0 Å². The molecule has 0 N–H and O–H groups in total. The highest BCUT2D eigenvalue weighted by molar-refractivity contribution is 5.11. The molecule has 0 aromatic rings. The van der Waals surface area contributed by atoms with Crippen LogP contribution in [0.4, 0.5) is 0 Å². The lowest BCUT2D eigenvalue weighted by molar-refractivity contribution is 0.863. The van der Waals surface area contributed by atoms with Crippen molar-refractivity contribution in [3.63, 3.8) is 0 Å². The first-order chi connectivity index (χ1) is 6.50. The van der Waals surface area contributed by atoms with E-state index in [-0.39, 0.29) is 0 Å². The fourth-order valence-electron chi connectivity index (χ4n) is 1.26. The topological polar surface area (TPSA) is 0 Å². The van der Waals surface area contributed by atoms with Crippen LogP contribution in [0.2, 0.25) is 0 Å². The maximum absolute atomic E-state index is 2.30. The third kappa shape index (κ3) is 6.15. The number of rotatable bonds is 0. The standard InChI is InChI=1S/C13H18/c1-2-4-6-8-10-12-13-11-9-7-5-3-1/h1-6,11,13H,7-10,12H2/b2-1?,5-3?,6-4+,13-11+. The molecular formula is C13H18. The lowest BCUT2D eigenvalue weighted by atomic mass is 10.2. The smallest absolute Gasteiger partial charge is 0.0313 e. The molecule has 0 heteroatoms. The fourth-order valence-corrected chi connectivity index (χ4v) is 1.26. The Hall–Kier alpha value is -1.04.